The van der Waals surface area contributed by atoms with E-state index in [-0.39, 0.29) is 5.41 Å². The molecule has 1 heterocycles. The minimum atomic E-state index is -0.204. The predicted molar refractivity (Wildman–Crippen MR) is 247 cm³/mol. The predicted octanol–water partition coefficient (Wildman–Crippen LogP) is 15.5. The Kier molecular flexibility index (Phi) is 7.91. The molecule has 0 saturated heterocycles. The van der Waals surface area contributed by atoms with Gasteiger partial charge < -0.3 is 9.47 Å². The fourth-order valence-electron chi connectivity index (χ4n) is 9.71. The smallest absolute Gasteiger partial charge is 0.0547 e. The van der Waals surface area contributed by atoms with E-state index in [1.807, 2.05) is 0 Å². The normalized spacial score (nSPS) is 13.0. The maximum atomic E-state index is 2.48. The van der Waals surface area contributed by atoms with Gasteiger partial charge in [-0.25, -0.2) is 0 Å². The summed E-state index contributed by atoms with van der Waals surface area (Å²) in [4.78, 5) is 2.45. The van der Waals surface area contributed by atoms with Crippen LogP contribution in [0.25, 0.3) is 71.3 Å². The molecule has 1 aromatic heterocycles. The van der Waals surface area contributed by atoms with Crippen molar-refractivity contribution >= 4 is 60.4 Å². The molecule has 0 N–H and O–H groups in total. The van der Waals surface area contributed by atoms with Crippen LogP contribution < -0.4 is 4.90 Å². The standard InChI is InChI=1S/C56H44N2/c1-4-12-37-19-21-38(22-20-37)39-25-28-43(29-26-39)57(44-30-27-41-24-23-40-13-8-9-16-46(40)49(41)33-44)45-31-32-47-50-36-55-51(35-53(50)56(2,3)52(47)34-45)48-17-10-11-18-54(48)58(55)42-14-6-5-7-15-42/h5-11,13-36H,4,12H2,1-3H3. The molecule has 0 fully saturated rings. The quantitative estimate of drug-likeness (QED) is 0.148. The van der Waals surface area contributed by atoms with Gasteiger partial charge in [0, 0.05) is 38.9 Å². The van der Waals surface area contributed by atoms with E-state index >= 15 is 0 Å². The molecule has 1 aliphatic carbocycles. The second-order valence-corrected chi connectivity index (χ2v) is 16.5. The molecule has 0 atom stereocenters. The molecule has 10 aromatic rings. The van der Waals surface area contributed by atoms with Crippen LogP contribution in [0.4, 0.5) is 17.1 Å². The van der Waals surface area contributed by atoms with Crippen molar-refractivity contribution < 1.29 is 0 Å². The Labute approximate surface area is 340 Å². The second-order valence-electron chi connectivity index (χ2n) is 16.5. The minimum absolute atomic E-state index is 0.204. The molecule has 278 valence electrons. The largest absolute Gasteiger partial charge is 0.310 e. The fourth-order valence-corrected chi connectivity index (χ4v) is 9.71. The molecular formula is C56H44N2. The maximum absolute atomic E-state index is 2.48. The number of aryl methyl sites for hydroxylation is 1. The summed E-state index contributed by atoms with van der Waals surface area (Å²) in [6, 6.07) is 70.0. The monoisotopic (exact) mass is 744 g/mol. The Morgan fingerprint density at radius 3 is 1.83 bits per heavy atom. The van der Waals surface area contributed by atoms with Gasteiger partial charge in [-0.3, -0.25) is 0 Å². The third kappa shape index (κ3) is 5.40. The highest BCUT2D eigenvalue weighted by Crippen LogP contribution is 2.53. The van der Waals surface area contributed by atoms with Crippen molar-refractivity contribution in [3.05, 3.63) is 205 Å². The zero-order valence-corrected chi connectivity index (χ0v) is 33.2. The van der Waals surface area contributed by atoms with Crippen molar-refractivity contribution in [1.82, 2.24) is 4.57 Å². The average Bonchev–Trinajstić information content (AvgIpc) is 3.71. The number of hydrogen-bond donors (Lipinski definition) is 0. The fraction of sp³-hybridized carbons (Fsp3) is 0.107. The van der Waals surface area contributed by atoms with E-state index in [1.54, 1.807) is 0 Å². The van der Waals surface area contributed by atoms with Crippen LogP contribution in [-0.2, 0) is 11.8 Å². The number of fused-ring (bicyclic) bond motifs is 9. The molecule has 0 bridgehead atoms. The lowest BCUT2D eigenvalue weighted by Gasteiger charge is -2.28. The van der Waals surface area contributed by atoms with E-state index in [0.29, 0.717) is 0 Å². The lowest BCUT2D eigenvalue weighted by Crippen LogP contribution is -2.16. The van der Waals surface area contributed by atoms with E-state index in [9.17, 15) is 0 Å². The molecule has 2 heteroatoms. The first-order chi connectivity index (χ1) is 28.5. The van der Waals surface area contributed by atoms with E-state index in [4.69, 9.17) is 0 Å². The van der Waals surface area contributed by atoms with Crippen LogP contribution in [-0.4, -0.2) is 4.57 Å². The van der Waals surface area contributed by atoms with Crippen LogP contribution >= 0.6 is 0 Å². The minimum Gasteiger partial charge on any atom is -0.310 e. The molecule has 0 radical (unpaired) electrons. The summed E-state index contributed by atoms with van der Waals surface area (Å²) in [5, 5.41) is 7.61. The molecule has 1 aliphatic rings. The van der Waals surface area contributed by atoms with E-state index in [0.717, 1.165) is 29.9 Å². The van der Waals surface area contributed by atoms with Crippen LogP contribution in [0, 0.1) is 0 Å². The Morgan fingerprint density at radius 1 is 0.448 bits per heavy atom. The Morgan fingerprint density at radius 2 is 1.05 bits per heavy atom. The molecule has 0 aliphatic heterocycles. The number of hydrogen-bond acceptors (Lipinski definition) is 1. The SMILES string of the molecule is CCCc1ccc(-c2ccc(N(c3ccc4c(c3)C(C)(C)c3cc5c6ccccc6n(-c6ccccc6)c5cc3-4)c3ccc4ccc5ccccc5c4c3)cc2)cc1. The van der Waals surface area contributed by atoms with Gasteiger partial charge in [-0.2, -0.15) is 0 Å². The molecular weight excluding hydrogens is 701 g/mol. The first-order valence-corrected chi connectivity index (χ1v) is 20.7. The average molecular weight is 745 g/mol. The summed E-state index contributed by atoms with van der Waals surface area (Å²) in [5.74, 6) is 0. The first kappa shape index (κ1) is 34.4. The lowest BCUT2D eigenvalue weighted by atomic mass is 9.82. The first-order valence-electron chi connectivity index (χ1n) is 20.7. The van der Waals surface area contributed by atoms with E-state index < -0.39 is 0 Å². The molecule has 58 heavy (non-hydrogen) atoms. The van der Waals surface area contributed by atoms with Gasteiger partial charge >= 0.3 is 0 Å². The Bertz CT molecular complexity index is 3190. The molecule has 2 nitrogen and oxygen atoms in total. The molecule has 9 aromatic carbocycles. The summed E-state index contributed by atoms with van der Waals surface area (Å²) in [6.07, 6.45) is 2.27. The summed E-state index contributed by atoms with van der Waals surface area (Å²) in [7, 11) is 0. The summed E-state index contributed by atoms with van der Waals surface area (Å²) >= 11 is 0. The van der Waals surface area contributed by atoms with Crippen molar-refractivity contribution in [2.45, 2.75) is 39.0 Å². The second kappa shape index (κ2) is 13.4. The van der Waals surface area contributed by atoms with Crippen molar-refractivity contribution in [3.63, 3.8) is 0 Å². The van der Waals surface area contributed by atoms with Crippen molar-refractivity contribution in [2.24, 2.45) is 0 Å². The summed E-state index contributed by atoms with van der Waals surface area (Å²) < 4.78 is 2.43. The zero-order valence-electron chi connectivity index (χ0n) is 33.2. The highest BCUT2D eigenvalue weighted by molar-refractivity contribution is 6.12. The van der Waals surface area contributed by atoms with Crippen molar-refractivity contribution in [3.8, 4) is 27.9 Å². The number of para-hydroxylation sites is 2. The molecule has 0 unspecified atom stereocenters. The third-order valence-corrected chi connectivity index (χ3v) is 12.7. The van der Waals surface area contributed by atoms with Crippen LogP contribution in [0.15, 0.2) is 188 Å². The van der Waals surface area contributed by atoms with Crippen LogP contribution in [0.3, 0.4) is 0 Å². The van der Waals surface area contributed by atoms with Crippen LogP contribution in [0.1, 0.15) is 43.9 Å². The topological polar surface area (TPSA) is 8.17 Å². The highest BCUT2D eigenvalue weighted by atomic mass is 15.1. The van der Waals surface area contributed by atoms with E-state index in [2.05, 4.69) is 218 Å². The van der Waals surface area contributed by atoms with Gasteiger partial charge in [-0.15, -0.1) is 0 Å². The molecule has 0 amide bonds. The zero-order chi connectivity index (χ0) is 39.0. The van der Waals surface area contributed by atoms with Crippen LogP contribution in [0.2, 0.25) is 0 Å². The number of anilines is 3. The third-order valence-electron chi connectivity index (χ3n) is 12.7. The van der Waals surface area contributed by atoms with Crippen LogP contribution in [0.5, 0.6) is 0 Å². The van der Waals surface area contributed by atoms with Gasteiger partial charge in [0.1, 0.15) is 0 Å². The Balaban J connectivity index is 1.08. The number of aromatic nitrogens is 1. The van der Waals surface area contributed by atoms with E-state index in [1.165, 1.54) is 88.0 Å². The molecule has 0 spiro atoms. The van der Waals surface area contributed by atoms with Gasteiger partial charge in [0.2, 0.25) is 0 Å². The van der Waals surface area contributed by atoms with Gasteiger partial charge in [-0.05, 0) is 134 Å². The Hall–Kier alpha value is -6.90. The maximum Gasteiger partial charge on any atom is 0.0547 e. The van der Waals surface area contributed by atoms with Gasteiger partial charge in [-0.1, -0.05) is 149 Å². The lowest BCUT2D eigenvalue weighted by molar-refractivity contribution is 0.661. The van der Waals surface area contributed by atoms with Crippen molar-refractivity contribution in [1.29, 1.82) is 0 Å². The van der Waals surface area contributed by atoms with Crippen molar-refractivity contribution in [2.75, 3.05) is 4.90 Å². The van der Waals surface area contributed by atoms with Gasteiger partial charge in [0.25, 0.3) is 0 Å². The number of nitrogens with zero attached hydrogens (tertiary/aromatic N) is 2. The number of benzene rings is 9. The van der Waals surface area contributed by atoms with Gasteiger partial charge in [0.15, 0.2) is 0 Å². The molecule has 0 saturated carbocycles. The summed E-state index contributed by atoms with van der Waals surface area (Å²) in [5.41, 5.74) is 16.1. The van der Waals surface area contributed by atoms with Gasteiger partial charge in [0.05, 0.1) is 11.0 Å². The molecule has 11 rings (SSSR count). The number of rotatable bonds is 7. The summed E-state index contributed by atoms with van der Waals surface area (Å²) in [6.45, 7) is 7.04. The highest BCUT2D eigenvalue weighted by Gasteiger charge is 2.37.